The second-order valence-electron chi connectivity index (χ2n) is 6.89. The van der Waals surface area contributed by atoms with Crippen LogP contribution in [0.25, 0.3) is 10.2 Å². The fraction of sp³-hybridized carbons (Fsp3) is 0.444. The Morgan fingerprint density at radius 3 is 2.73 bits per heavy atom. The lowest BCUT2D eigenvalue weighted by Crippen LogP contribution is -2.29. The first-order valence-electron chi connectivity index (χ1n) is 8.83. The molecule has 0 unspecified atom stereocenters. The summed E-state index contributed by atoms with van der Waals surface area (Å²) < 4.78 is 5.27. The number of carbonyl (C=O) groups excluding carboxylic acids is 1. The first-order chi connectivity index (χ1) is 12.5. The topological polar surface area (TPSA) is 71.8 Å². The Kier molecular flexibility index (Phi) is 4.44. The Bertz CT molecular complexity index is 1000. The van der Waals surface area contributed by atoms with Gasteiger partial charge >= 0.3 is 0 Å². The Morgan fingerprint density at radius 1 is 1.31 bits per heavy atom. The third kappa shape index (κ3) is 2.89. The number of nitrogens with zero attached hydrogens (tertiary/aromatic N) is 2. The molecule has 1 saturated carbocycles. The second-order valence-corrected chi connectivity index (χ2v) is 8.61. The number of nitrogens with one attached hydrogen (secondary N) is 2. The number of rotatable bonds is 3. The predicted octanol–water partition coefficient (Wildman–Crippen LogP) is 4.45. The van der Waals surface area contributed by atoms with Gasteiger partial charge in [0.2, 0.25) is 0 Å². The zero-order valence-corrected chi connectivity index (χ0v) is 16.3. The van der Waals surface area contributed by atoms with Crippen LogP contribution in [0.15, 0.2) is 16.9 Å². The van der Waals surface area contributed by atoms with Crippen molar-refractivity contribution in [1.82, 2.24) is 14.3 Å². The van der Waals surface area contributed by atoms with E-state index in [1.54, 1.807) is 16.8 Å². The van der Waals surface area contributed by atoms with E-state index in [1.165, 1.54) is 17.8 Å². The number of amides is 1. The largest absolute Gasteiger partial charge is 0.350 e. The van der Waals surface area contributed by atoms with E-state index < -0.39 is 0 Å². The Balaban J connectivity index is 1.64. The van der Waals surface area contributed by atoms with Gasteiger partial charge in [-0.25, -0.2) is 4.68 Å². The van der Waals surface area contributed by atoms with Crippen molar-refractivity contribution in [2.75, 3.05) is 5.32 Å². The van der Waals surface area contributed by atoms with Gasteiger partial charge in [0.25, 0.3) is 11.5 Å². The maximum Gasteiger partial charge on any atom is 0.291 e. The van der Waals surface area contributed by atoms with E-state index >= 15 is 0 Å². The van der Waals surface area contributed by atoms with E-state index in [0.717, 1.165) is 41.6 Å². The number of aromatic amines is 1. The first-order valence-corrected chi connectivity index (χ1v) is 10.0. The van der Waals surface area contributed by atoms with Crippen LogP contribution >= 0.6 is 22.9 Å². The number of aromatic nitrogens is 3. The summed E-state index contributed by atoms with van der Waals surface area (Å²) in [6, 6.07) is 3.77. The Morgan fingerprint density at radius 2 is 2.04 bits per heavy atom. The number of halogens is 1. The van der Waals surface area contributed by atoms with E-state index in [1.807, 2.05) is 18.7 Å². The lowest BCUT2D eigenvalue weighted by atomic mass is 9.96. The quantitative estimate of drug-likeness (QED) is 0.691. The molecule has 1 aliphatic carbocycles. The molecule has 1 aliphatic rings. The van der Waals surface area contributed by atoms with Crippen molar-refractivity contribution in [2.24, 2.45) is 7.05 Å². The first kappa shape index (κ1) is 17.4. The van der Waals surface area contributed by atoms with Crippen LogP contribution < -0.4 is 10.9 Å². The van der Waals surface area contributed by atoms with Crippen LogP contribution in [-0.2, 0) is 7.05 Å². The lowest BCUT2D eigenvalue weighted by Gasteiger charge is -2.24. The average Bonchev–Trinajstić information content (AvgIpc) is 3.22. The molecule has 0 aromatic carbocycles. The molecular weight excluding hydrogens is 372 g/mol. The van der Waals surface area contributed by atoms with Crippen molar-refractivity contribution >= 4 is 44.7 Å². The summed E-state index contributed by atoms with van der Waals surface area (Å²) >= 11 is 7.39. The maximum absolute atomic E-state index is 12.9. The highest BCUT2D eigenvalue weighted by Gasteiger charge is 2.24. The van der Waals surface area contributed by atoms with Crippen molar-refractivity contribution < 1.29 is 4.79 Å². The standard InChI is InChI=1S/C18H21ClN4O2S/c1-10-16(18(25)23(22(10)2)11-6-4-3-5-7-11)21-17(24)13-8-14-12(20-13)9-15(19)26-14/h8-9,11,20H,3-7H2,1-2H3,(H,21,24). The Hall–Kier alpha value is -1.99. The van der Waals surface area contributed by atoms with Gasteiger partial charge in [-0.2, -0.15) is 0 Å². The number of carbonyl (C=O) groups is 1. The number of hydrogen-bond donors (Lipinski definition) is 2. The molecule has 0 bridgehead atoms. The summed E-state index contributed by atoms with van der Waals surface area (Å²) in [5, 5.41) is 2.81. The molecule has 2 N–H and O–H groups in total. The summed E-state index contributed by atoms with van der Waals surface area (Å²) in [4.78, 5) is 28.6. The van der Waals surface area contributed by atoms with E-state index in [0.29, 0.717) is 15.7 Å². The molecule has 0 spiro atoms. The van der Waals surface area contributed by atoms with Gasteiger partial charge in [0.1, 0.15) is 11.4 Å². The Labute approximate surface area is 159 Å². The molecule has 0 radical (unpaired) electrons. The average molecular weight is 393 g/mol. The van der Waals surface area contributed by atoms with Gasteiger partial charge in [-0.05, 0) is 31.9 Å². The number of thiophene rings is 1. The highest BCUT2D eigenvalue weighted by Crippen LogP contribution is 2.30. The molecule has 3 aromatic rings. The molecule has 3 heterocycles. The van der Waals surface area contributed by atoms with E-state index in [2.05, 4.69) is 10.3 Å². The van der Waals surface area contributed by atoms with Gasteiger partial charge in [-0.15, -0.1) is 11.3 Å². The minimum atomic E-state index is -0.314. The SMILES string of the molecule is Cc1c(NC(=O)c2cc3sc(Cl)cc3[nH]2)c(=O)n(C2CCCCC2)n1C. The van der Waals surface area contributed by atoms with Crippen molar-refractivity contribution in [3.05, 3.63) is 38.2 Å². The maximum atomic E-state index is 12.9. The minimum absolute atomic E-state index is 0.123. The summed E-state index contributed by atoms with van der Waals surface area (Å²) in [5.74, 6) is -0.314. The van der Waals surface area contributed by atoms with E-state index in [-0.39, 0.29) is 17.5 Å². The molecule has 4 rings (SSSR count). The fourth-order valence-electron chi connectivity index (χ4n) is 3.80. The summed E-state index contributed by atoms with van der Waals surface area (Å²) in [7, 11) is 1.88. The fourth-order valence-corrected chi connectivity index (χ4v) is 4.95. The summed E-state index contributed by atoms with van der Waals surface area (Å²) in [5.41, 5.74) is 2.26. The van der Waals surface area contributed by atoms with Gasteiger partial charge in [-0.3, -0.25) is 14.3 Å². The highest BCUT2D eigenvalue weighted by molar-refractivity contribution is 7.22. The van der Waals surface area contributed by atoms with Crippen LogP contribution in [0, 0.1) is 6.92 Å². The van der Waals surface area contributed by atoms with Crippen LogP contribution in [0.2, 0.25) is 4.34 Å². The smallest absolute Gasteiger partial charge is 0.291 e. The molecule has 0 saturated heterocycles. The monoisotopic (exact) mass is 392 g/mol. The molecule has 138 valence electrons. The molecule has 1 amide bonds. The van der Waals surface area contributed by atoms with Crippen LogP contribution in [0.3, 0.4) is 0 Å². The van der Waals surface area contributed by atoms with Crippen LogP contribution in [0.5, 0.6) is 0 Å². The number of anilines is 1. The third-order valence-corrected chi connectivity index (χ3v) is 6.48. The van der Waals surface area contributed by atoms with Gasteiger partial charge in [0.05, 0.1) is 26.3 Å². The molecule has 26 heavy (non-hydrogen) atoms. The van der Waals surface area contributed by atoms with Crippen LogP contribution in [-0.4, -0.2) is 20.3 Å². The number of H-pyrrole nitrogens is 1. The van der Waals surface area contributed by atoms with Crippen LogP contribution in [0.4, 0.5) is 5.69 Å². The van der Waals surface area contributed by atoms with Crippen molar-refractivity contribution in [3.63, 3.8) is 0 Å². The molecule has 0 atom stereocenters. The molecule has 8 heteroatoms. The van der Waals surface area contributed by atoms with Gasteiger partial charge < -0.3 is 10.3 Å². The minimum Gasteiger partial charge on any atom is -0.350 e. The number of fused-ring (bicyclic) bond motifs is 1. The molecule has 1 fully saturated rings. The predicted molar refractivity (Wildman–Crippen MR) is 106 cm³/mol. The zero-order chi connectivity index (χ0) is 18.4. The van der Waals surface area contributed by atoms with E-state index in [9.17, 15) is 9.59 Å². The summed E-state index contributed by atoms with van der Waals surface area (Å²) in [6.45, 7) is 1.86. The molecule has 6 nitrogen and oxygen atoms in total. The number of hydrogen-bond acceptors (Lipinski definition) is 3. The van der Waals surface area contributed by atoms with Crippen molar-refractivity contribution in [2.45, 2.75) is 45.1 Å². The van der Waals surface area contributed by atoms with E-state index in [4.69, 9.17) is 11.6 Å². The van der Waals surface area contributed by atoms with Gasteiger partial charge in [0, 0.05) is 7.05 Å². The van der Waals surface area contributed by atoms with Crippen molar-refractivity contribution in [1.29, 1.82) is 0 Å². The normalized spacial score (nSPS) is 15.7. The van der Waals surface area contributed by atoms with Crippen LogP contribution in [0.1, 0.15) is 54.3 Å². The zero-order valence-electron chi connectivity index (χ0n) is 14.8. The second kappa shape index (κ2) is 6.63. The summed E-state index contributed by atoms with van der Waals surface area (Å²) in [6.07, 6.45) is 5.54. The third-order valence-electron chi connectivity index (χ3n) is 5.27. The molecular formula is C18H21ClN4O2S. The van der Waals surface area contributed by atoms with Gasteiger partial charge in [0.15, 0.2) is 0 Å². The van der Waals surface area contributed by atoms with Gasteiger partial charge in [-0.1, -0.05) is 30.9 Å². The molecule has 0 aliphatic heterocycles. The lowest BCUT2D eigenvalue weighted by molar-refractivity contribution is 0.102. The highest BCUT2D eigenvalue weighted by atomic mass is 35.5. The van der Waals surface area contributed by atoms with Crippen molar-refractivity contribution in [3.8, 4) is 0 Å². The molecule has 3 aromatic heterocycles.